The van der Waals surface area contributed by atoms with Crippen LogP contribution in [0.5, 0.6) is 0 Å². The quantitative estimate of drug-likeness (QED) is 0.682. The highest BCUT2D eigenvalue weighted by molar-refractivity contribution is 6.01. The lowest BCUT2D eigenvalue weighted by atomic mass is 9.82. The second-order valence-corrected chi connectivity index (χ2v) is 7.35. The van der Waals surface area contributed by atoms with Crippen molar-refractivity contribution in [2.45, 2.75) is 26.7 Å². The fourth-order valence-electron chi connectivity index (χ4n) is 3.40. The number of rotatable bonds is 5. The SMILES string of the molecule is Cc1ccc(F)c(NC(=O)CC2(C(=O)Nc3cc(C)ccc3F)CCNC2)c1.Cl. The molecule has 0 aromatic heterocycles. The number of aryl methyl sites for hydroxylation is 2. The first kappa shape index (κ1) is 22.8. The first-order valence-electron chi connectivity index (χ1n) is 9.13. The van der Waals surface area contributed by atoms with Crippen LogP contribution in [0.1, 0.15) is 24.0 Å². The van der Waals surface area contributed by atoms with Gasteiger partial charge < -0.3 is 16.0 Å². The van der Waals surface area contributed by atoms with Crippen LogP contribution in [-0.2, 0) is 9.59 Å². The van der Waals surface area contributed by atoms with Gasteiger partial charge in [-0.15, -0.1) is 12.4 Å². The van der Waals surface area contributed by atoms with Gasteiger partial charge in [0.1, 0.15) is 11.6 Å². The molecule has 0 saturated carbocycles. The largest absolute Gasteiger partial charge is 0.324 e. The van der Waals surface area contributed by atoms with Crippen molar-refractivity contribution in [1.82, 2.24) is 5.32 Å². The lowest BCUT2D eigenvalue weighted by Gasteiger charge is -2.26. The number of hydrogen-bond acceptors (Lipinski definition) is 3. The molecule has 8 heteroatoms. The Bertz CT molecular complexity index is 915. The Labute approximate surface area is 174 Å². The summed E-state index contributed by atoms with van der Waals surface area (Å²) in [6.45, 7) is 4.44. The molecule has 3 N–H and O–H groups in total. The Balaban J connectivity index is 0.00000300. The van der Waals surface area contributed by atoms with Gasteiger partial charge in [-0.1, -0.05) is 12.1 Å². The van der Waals surface area contributed by atoms with Gasteiger partial charge in [0.05, 0.1) is 16.8 Å². The molecule has 3 rings (SSSR count). The summed E-state index contributed by atoms with van der Waals surface area (Å²) in [7, 11) is 0. The van der Waals surface area contributed by atoms with Crippen molar-refractivity contribution in [2.24, 2.45) is 5.41 Å². The average Bonchev–Trinajstić information content (AvgIpc) is 3.11. The van der Waals surface area contributed by atoms with E-state index in [2.05, 4.69) is 16.0 Å². The summed E-state index contributed by atoms with van der Waals surface area (Å²) < 4.78 is 27.9. The number of nitrogens with one attached hydrogen (secondary N) is 3. The second-order valence-electron chi connectivity index (χ2n) is 7.35. The maximum atomic E-state index is 14.0. The third-order valence-corrected chi connectivity index (χ3v) is 4.99. The monoisotopic (exact) mass is 423 g/mol. The molecule has 29 heavy (non-hydrogen) atoms. The average molecular weight is 424 g/mol. The summed E-state index contributed by atoms with van der Waals surface area (Å²) in [5.74, 6) is -1.97. The van der Waals surface area contributed by atoms with Crippen LogP contribution in [0.3, 0.4) is 0 Å². The first-order chi connectivity index (χ1) is 13.3. The Morgan fingerprint density at radius 2 is 1.55 bits per heavy atom. The third-order valence-electron chi connectivity index (χ3n) is 4.99. The van der Waals surface area contributed by atoms with Gasteiger partial charge in [0.2, 0.25) is 11.8 Å². The van der Waals surface area contributed by atoms with Gasteiger partial charge in [0.25, 0.3) is 0 Å². The summed E-state index contributed by atoms with van der Waals surface area (Å²) in [5, 5.41) is 8.25. The molecule has 0 spiro atoms. The lowest BCUT2D eigenvalue weighted by Crippen LogP contribution is -2.41. The zero-order valence-electron chi connectivity index (χ0n) is 16.3. The molecular weight excluding hydrogens is 400 g/mol. The molecule has 1 saturated heterocycles. The van der Waals surface area contributed by atoms with Gasteiger partial charge in [-0.3, -0.25) is 9.59 Å². The van der Waals surface area contributed by atoms with Crippen LogP contribution >= 0.6 is 12.4 Å². The molecule has 2 aromatic rings. The molecule has 1 heterocycles. The highest BCUT2D eigenvalue weighted by atomic mass is 35.5. The van der Waals surface area contributed by atoms with Crippen LogP contribution in [0.15, 0.2) is 36.4 Å². The van der Waals surface area contributed by atoms with E-state index in [1.165, 1.54) is 18.2 Å². The van der Waals surface area contributed by atoms with E-state index in [9.17, 15) is 18.4 Å². The van der Waals surface area contributed by atoms with E-state index >= 15 is 0 Å². The first-order valence-corrected chi connectivity index (χ1v) is 9.13. The predicted octanol–water partition coefficient (Wildman–Crippen LogP) is 3.95. The molecule has 0 radical (unpaired) electrons. The minimum Gasteiger partial charge on any atom is -0.324 e. The van der Waals surface area contributed by atoms with Crippen molar-refractivity contribution in [3.63, 3.8) is 0 Å². The molecule has 1 unspecified atom stereocenters. The minimum atomic E-state index is -1.03. The molecule has 1 aliphatic rings. The number of benzene rings is 2. The molecule has 2 amide bonds. The number of carbonyl (C=O) groups is 2. The Hall–Kier alpha value is -2.51. The Morgan fingerprint density at radius 3 is 2.07 bits per heavy atom. The third kappa shape index (κ3) is 5.31. The highest BCUT2D eigenvalue weighted by Gasteiger charge is 2.43. The number of amides is 2. The van der Waals surface area contributed by atoms with Crippen molar-refractivity contribution in [3.05, 3.63) is 59.2 Å². The van der Waals surface area contributed by atoms with E-state index in [0.717, 1.165) is 11.1 Å². The number of hydrogen-bond donors (Lipinski definition) is 3. The molecule has 1 atom stereocenters. The van der Waals surface area contributed by atoms with Gasteiger partial charge in [-0.05, 0) is 62.2 Å². The van der Waals surface area contributed by atoms with Crippen LogP contribution in [0.4, 0.5) is 20.2 Å². The summed E-state index contributed by atoms with van der Waals surface area (Å²) in [4.78, 5) is 25.5. The molecule has 0 aliphatic carbocycles. The summed E-state index contributed by atoms with van der Waals surface area (Å²) in [6.07, 6.45) is 0.294. The van der Waals surface area contributed by atoms with E-state index < -0.39 is 28.9 Å². The molecule has 5 nitrogen and oxygen atoms in total. The smallest absolute Gasteiger partial charge is 0.232 e. The predicted molar refractivity (Wildman–Crippen MR) is 111 cm³/mol. The standard InChI is InChI=1S/C21H23F2N3O2.ClH/c1-13-3-5-15(22)17(9-13)25-19(27)11-21(7-8-24-12-21)20(28)26-18-10-14(2)4-6-16(18)23;/h3-6,9-10,24H,7-8,11-12H2,1-2H3,(H,25,27)(H,26,28);1H. The summed E-state index contributed by atoms with van der Waals surface area (Å²) >= 11 is 0. The molecule has 1 fully saturated rings. The topological polar surface area (TPSA) is 70.2 Å². The zero-order valence-corrected chi connectivity index (χ0v) is 17.1. The normalized spacial score (nSPS) is 18.1. The van der Waals surface area contributed by atoms with Crippen LogP contribution < -0.4 is 16.0 Å². The van der Waals surface area contributed by atoms with Crippen LogP contribution in [0.25, 0.3) is 0 Å². The van der Waals surface area contributed by atoms with Gasteiger partial charge in [0, 0.05) is 13.0 Å². The van der Waals surface area contributed by atoms with E-state index in [1.54, 1.807) is 32.0 Å². The van der Waals surface area contributed by atoms with Gasteiger partial charge in [-0.25, -0.2) is 8.78 Å². The Kier molecular flexibility index (Phi) is 7.32. The molecule has 0 bridgehead atoms. The van der Waals surface area contributed by atoms with E-state index in [4.69, 9.17) is 0 Å². The Morgan fingerprint density at radius 1 is 1.00 bits per heavy atom. The van der Waals surface area contributed by atoms with Crippen LogP contribution in [0.2, 0.25) is 0 Å². The fraction of sp³-hybridized carbons (Fsp3) is 0.333. The van der Waals surface area contributed by atoms with Crippen molar-refractivity contribution >= 4 is 35.6 Å². The number of carbonyl (C=O) groups excluding carboxylic acids is 2. The van der Waals surface area contributed by atoms with Gasteiger partial charge in [0.15, 0.2) is 0 Å². The van der Waals surface area contributed by atoms with Crippen LogP contribution in [0, 0.1) is 30.9 Å². The van der Waals surface area contributed by atoms with E-state index in [1.807, 2.05) is 0 Å². The van der Waals surface area contributed by atoms with Crippen molar-refractivity contribution in [2.75, 3.05) is 23.7 Å². The highest BCUT2D eigenvalue weighted by Crippen LogP contribution is 2.32. The minimum absolute atomic E-state index is 0. The fourth-order valence-corrected chi connectivity index (χ4v) is 3.40. The van der Waals surface area contributed by atoms with Gasteiger partial charge in [-0.2, -0.15) is 0 Å². The summed E-state index contributed by atoms with van der Waals surface area (Å²) in [5.41, 5.74) is 0.753. The number of halogens is 3. The number of anilines is 2. The van der Waals surface area contributed by atoms with Crippen molar-refractivity contribution in [3.8, 4) is 0 Å². The van der Waals surface area contributed by atoms with Crippen molar-refractivity contribution < 1.29 is 18.4 Å². The molecule has 156 valence electrons. The second kappa shape index (κ2) is 9.33. The maximum absolute atomic E-state index is 14.0. The molecule has 2 aromatic carbocycles. The van der Waals surface area contributed by atoms with E-state index in [0.29, 0.717) is 13.0 Å². The van der Waals surface area contributed by atoms with E-state index in [-0.39, 0.29) is 36.7 Å². The van der Waals surface area contributed by atoms with Crippen molar-refractivity contribution in [1.29, 1.82) is 0 Å². The molecule has 1 aliphatic heterocycles. The van der Waals surface area contributed by atoms with Crippen LogP contribution in [-0.4, -0.2) is 24.9 Å². The summed E-state index contributed by atoms with van der Waals surface area (Å²) in [6, 6.07) is 8.88. The molecular formula is C21H24ClF2N3O2. The zero-order chi connectivity index (χ0) is 20.3. The lowest BCUT2D eigenvalue weighted by molar-refractivity contribution is -0.129. The maximum Gasteiger partial charge on any atom is 0.232 e. The van der Waals surface area contributed by atoms with Gasteiger partial charge >= 0.3 is 0 Å².